The molecule has 12 nitrogen and oxygen atoms in total. The first-order chi connectivity index (χ1) is 23.5. The van der Waals surface area contributed by atoms with Gasteiger partial charge in [0.2, 0.25) is 0 Å². The molecule has 1 saturated carbocycles. The maximum atomic E-state index is 14.3. The van der Waals surface area contributed by atoms with Gasteiger partial charge in [0, 0.05) is 49.3 Å². The van der Waals surface area contributed by atoms with Crippen molar-refractivity contribution in [2.75, 3.05) is 31.1 Å². The molecule has 3 aromatic rings. The molecule has 3 aliphatic rings. The Balaban J connectivity index is 1.10. The van der Waals surface area contributed by atoms with Crippen LogP contribution in [0.2, 0.25) is 0 Å². The molecule has 2 aromatic heterocycles. The Hall–Kier alpha value is -4.76. The van der Waals surface area contributed by atoms with Crippen molar-refractivity contribution >= 4 is 17.8 Å². The van der Waals surface area contributed by atoms with Crippen LogP contribution in [0.25, 0.3) is 0 Å². The highest BCUT2D eigenvalue weighted by Crippen LogP contribution is 2.52. The van der Waals surface area contributed by atoms with Gasteiger partial charge in [-0.1, -0.05) is 0 Å². The molecule has 1 spiro atoms. The van der Waals surface area contributed by atoms with Crippen molar-refractivity contribution in [3.05, 3.63) is 59.4 Å². The summed E-state index contributed by atoms with van der Waals surface area (Å²) in [6, 6.07) is 4.06. The number of carbonyl (C=O) groups excluding carboxylic acids is 2. The third kappa shape index (κ3) is 7.68. The Morgan fingerprint density at radius 3 is 2.50 bits per heavy atom. The number of halogens is 4. The van der Waals surface area contributed by atoms with Crippen LogP contribution in [0.5, 0.6) is 17.4 Å². The normalized spacial score (nSPS) is 17.2. The van der Waals surface area contributed by atoms with Crippen molar-refractivity contribution in [3.8, 4) is 17.4 Å². The minimum absolute atomic E-state index is 0.0467. The van der Waals surface area contributed by atoms with Gasteiger partial charge >= 0.3 is 12.3 Å². The number of alkyl halides is 3. The summed E-state index contributed by atoms with van der Waals surface area (Å²) >= 11 is 0. The average Bonchev–Trinajstić information content (AvgIpc) is 3.00. The van der Waals surface area contributed by atoms with Gasteiger partial charge in [-0.05, 0) is 71.7 Å². The van der Waals surface area contributed by atoms with E-state index in [0.29, 0.717) is 49.1 Å². The van der Waals surface area contributed by atoms with Crippen molar-refractivity contribution in [3.63, 3.8) is 0 Å². The minimum Gasteiger partial charge on any atom is -0.490 e. The van der Waals surface area contributed by atoms with Gasteiger partial charge in [0.25, 0.3) is 11.8 Å². The molecule has 0 bridgehead atoms. The van der Waals surface area contributed by atoms with Gasteiger partial charge in [0.05, 0.1) is 17.8 Å². The van der Waals surface area contributed by atoms with E-state index in [1.54, 1.807) is 11.1 Å². The Morgan fingerprint density at radius 2 is 1.82 bits per heavy atom. The molecule has 0 N–H and O–H groups in total. The molecule has 4 heterocycles. The first-order valence-corrected chi connectivity index (χ1v) is 16.4. The minimum atomic E-state index is -4.66. The molecule has 50 heavy (non-hydrogen) atoms. The van der Waals surface area contributed by atoms with Crippen molar-refractivity contribution in [2.24, 2.45) is 5.41 Å². The van der Waals surface area contributed by atoms with Crippen LogP contribution >= 0.6 is 0 Å². The fourth-order valence-electron chi connectivity index (χ4n) is 6.59. The van der Waals surface area contributed by atoms with Crippen LogP contribution in [0.4, 0.5) is 28.2 Å². The van der Waals surface area contributed by atoms with Gasteiger partial charge in [-0.25, -0.2) is 14.2 Å². The second kappa shape index (κ2) is 13.2. The lowest BCUT2D eigenvalue weighted by Gasteiger charge is -2.58. The average molecular weight is 702 g/mol. The Kier molecular flexibility index (Phi) is 9.24. The number of hydrogen-bond donors (Lipinski definition) is 0. The third-order valence-electron chi connectivity index (χ3n) is 8.87. The second-order valence-electron chi connectivity index (χ2n) is 14.4. The molecule has 268 valence electrons. The van der Waals surface area contributed by atoms with Crippen molar-refractivity contribution in [1.29, 1.82) is 0 Å². The first kappa shape index (κ1) is 35.1. The van der Waals surface area contributed by atoms with E-state index in [-0.39, 0.29) is 34.8 Å². The maximum Gasteiger partial charge on any atom is 0.410 e. The van der Waals surface area contributed by atoms with Gasteiger partial charge in [-0.2, -0.15) is 13.2 Å². The zero-order valence-corrected chi connectivity index (χ0v) is 28.5. The van der Waals surface area contributed by atoms with Crippen LogP contribution in [0.1, 0.15) is 69.1 Å². The number of fused-ring (bicyclic) bond motifs is 1. The van der Waals surface area contributed by atoms with E-state index in [0.717, 1.165) is 36.2 Å². The third-order valence-corrected chi connectivity index (χ3v) is 8.87. The molecule has 0 atom stereocenters. The van der Waals surface area contributed by atoms with E-state index in [2.05, 4.69) is 20.2 Å². The molecular weight excluding hydrogens is 662 g/mol. The highest BCUT2D eigenvalue weighted by molar-refractivity contribution is 5.97. The topological polar surface area (TPSA) is 123 Å². The smallest absolute Gasteiger partial charge is 0.410 e. The second-order valence-corrected chi connectivity index (χ2v) is 14.4. The van der Waals surface area contributed by atoms with E-state index >= 15 is 0 Å². The number of aromatic nitrogens is 4. The number of amides is 2. The van der Waals surface area contributed by atoms with Crippen LogP contribution in [-0.2, 0) is 17.7 Å². The molecule has 1 saturated heterocycles. The largest absolute Gasteiger partial charge is 0.490 e. The van der Waals surface area contributed by atoms with E-state index in [9.17, 15) is 27.2 Å². The van der Waals surface area contributed by atoms with Gasteiger partial charge in [-0.15, -0.1) is 10.2 Å². The highest BCUT2D eigenvalue weighted by Gasteiger charge is 2.54. The number of ether oxygens (including phenoxy) is 3. The van der Waals surface area contributed by atoms with Crippen molar-refractivity contribution in [1.82, 2.24) is 30.0 Å². The molecule has 2 fully saturated rings. The summed E-state index contributed by atoms with van der Waals surface area (Å²) in [7, 11) is 0. The van der Waals surface area contributed by atoms with E-state index < -0.39 is 36.1 Å². The van der Waals surface area contributed by atoms with E-state index in [1.165, 1.54) is 26.2 Å². The summed E-state index contributed by atoms with van der Waals surface area (Å²) in [6.07, 6.45) is 0.0229. The summed E-state index contributed by atoms with van der Waals surface area (Å²) in [5, 5.41) is 7.83. The van der Waals surface area contributed by atoms with E-state index in [1.807, 2.05) is 31.7 Å². The number of hydrogen-bond acceptors (Lipinski definition) is 10. The summed E-state index contributed by atoms with van der Waals surface area (Å²) in [4.78, 5) is 39.0. The zero-order chi connectivity index (χ0) is 36.0. The molecule has 1 aromatic carbocycles. The van der Waals surface area contributed by atoms with Gasteiger partial charge in [-0.3, -0.25) is 9.78 Å². The lowest BCUT2D eigenvalue weighted by molar-refractivity contribution is -0.143. The number of carbonyl (C=O) groups is 2. The predicted molar refractivity (Wildman–Crippen MR) is 171 cm³/mol. The maximum absolute atomic E-state index is 14.3. The van der Waals surface area contributed by atoms with Gasteiger partial charge < -0.3 is 28.9 Å². The summed E-state index contributed by atoms with van der Waals surface area (Å²) in [6.45, 7) is 8.93. The summed E-state index contributed by atoms with van der Waals surface area (Å²) in [5.41, 5.74) is 0.747. The standard InChI is InChI=1S/C34H39F4N7O5/c1-20(2)45(18-34(36,37)38)30(46)23-12-21(35)6-7-26(23)49-29-28(40-19-41-42-29)44-16-33(17-44)13-22(14-33)48-27-8-10-39-25-9-11-43(15-24(25)27)31(47)50-32(3,4)5/h6-8,10,12,19-20,22H,9,11,13-18H2,1-5H3. The number of rotatable bonds is 8. The van der Waals surface area contributed by atoms with Crippen molar-refractivity contribution < 1.29 is 41.4 Å². The molecule has 2 aliphatic heterocycles. The molecular formula is C34H39F4N7O5. The monoisotopic (exact) mass is 701 g/mol. The quantitative estimate of drug-likeness (QED) is 0.260. The molecule has 0 radical (unpaired) electrons. The Morgan fingerprint density at radius 1 is 1.08 bits per heavy atom. The molecule has 1 aliphatic carbocycles. The molecule has 2 amide bonds. The van der Waals surface area contributed by atoms with Gasteiger partial charge in [0.1, 0.15) is 41.9 Å². The Bertz CT molecular complexity index is 1750. The van der Waals surface area contributed by atoms with Crippen LogP contribution in [-0.4, -0.2) is 92.1 Å². The fraction of sp³-hybridized carbons (Fsp3) is 0.529. The van der Waals surface area contributed by atoms with Gasteiger partial charge in [0.15, 0.2) is 5.82 Å². The predicted octanol–water partition coefficient (Wildman–Crippen LogP) is 5.95. The molecule has 6 rings (SSSR count). The fourth-order valence-corrected chi connectivity index (χ4v) is 6.59. The highest BCUT2D eigenvalue weighted by atomic mass is 19.4. The van der Waals surface area contributed by atoms with Crippen LogP contribution in [0.15, 0.2) is 36.8 Å². The van der Waals surface area contributed by atoms with Crippen LogP contribution < -0.4 is 14.4 Å². The number of pyridine rings is 1. The lowest BCUT2D eigenvalue weighted by atomic mass is 9.61. The lowest BCUT2D eigenvalue weighted by Crippen LogP contribution is -2.65. The Labute approximate surface area is 286 Å². The van der Waals surface area contributed by atoms with Crippen molar-refractivity contribution in [2.45, 2.75) is 84.3 Å². The number of nitrogens with zero attached hydrogens (tertiary/aromatic N) is 7. The molecule has 16 heteroatoms. The first-order valence-electron chi connectivity index (χ1n) is 16.4. The SMILES string of the molecule is CC(C)N(CC(F)(F)F)C(=O)c1cc(F)ccc1Oc1nncnc1N1CC2(CC(Oc3ccnc4c3CN(C(=O)OC(C)(C)C)CC4)C2)C1. The number of benzene rings is 1. The van der Waals surface area contributed by atoms with Crippen LogP contribution in [0.3, 0.4) is 0 Å². The van der Waals surface area contributed by atoms with Crippen LogP contribution in [0, 0.1) is 11.2 Å². The van der Waals surface area contributed by atoms with E-state index in [4.69, 9.17) is 14.2 Å². The summed E-state index contributed by atoms with van der Waals surface area (Å²) in [5.74, 6) is -1.06. The summed E-state index contributed by atoms with van der Waals surface area (Å²) < 4.78 is 72.0. The zero-order valence-electron chi connectivity index (χ0n) is 28.5. The molecule has 0 unspecified atom stereocenters. The number of anilines is 1.